The third-order valence-corrected chi connectivity index (χ3v) is 5.61. The van der Waals surface area contributed by atoms with Gasteiger partial charge in [0, 0.05) is 17.5 Å². The Morgan fingerprint density at radius 1 is 1.13 bits per heavy atom. The van der Waals surface area contributed by atoms with Gasteiger partial charge in [-0.15, -0.1) is 11.3 Å². The molecule has 0 aliphatic carbocycles. The summed E-state index contributed by atoms with van der Waals surface area (Å²) >= 11 is 3.44. The van der Waals surface area contributed by atoms with Crippen molar-refractivity contribution in [2.45, 2.75) is 19.1 Å². The van der Waals surface area contributed by atoms with Crippen LogP contribution in [0.1, 0.15) is 18.6 Å². The van der Waals surface area contributed by atoms with E-state index in [9.17, 15) is 0 Å². The number of aromatic nitrogens is 1. The highest BCUT2D eigenvalue weighted by Crippen LogP contribution is 2.33. The van der Waals surface area contributed by atoms with E-state index in [1.807, 2.05) is 6.07 Å². The van der Waals surface area contributed by atoms with Crippen molar-refractivity contribution in [1.82, 2.24) is 4.98 Å². The Morgan fingerprint density at radius 2 is 2.00 bits per heavy atom. The minimum atomic E-state index is 0.133. The van der Waals surface area contributed by atoms with E-state index in [0.29, 0.717) is 0 Å². The van der Waals surface area contributed by atoms with Gasteiger partial charge < -0.3 is 9.64 Å². The fraction of sp³-hybridized carbons (Fsp3) is 0.278. The summed E-state index contributed by atoms with van der Waals surface area (Å²) in [5.74, 6) is 0. The number of benzene rings is 1. The molecule has 3 heterocycles. The number of morpholine rings is 1. The van der Waals surface area contributed by atoms with Crippen LogP contribution in [0.25, 0.3) is 11.3 Å². The van der Waals surface area contributed by atoms with Crippen molar-refractivity contribution in [1.29, 1.82) is 0 Å². The summed E-state index contributed by atoms with van der Waals surface area (Å²) in [5, 5.41) is 7.51. The maximum atomic E-state index is 6.12. The first-order valence-electron chi connectivity index (χ1n) is 7.73. The van der Waals surface area contributed by atoms with E-state index >= 15 is 0 Å². The Hall–Kier alpha value is -1.69. The number of nitrogens with zero attached hydrogens (tertiary/aromatic N) is 2. The first-order chi connectivity index (χ1) is 11.3. The molecule has 0 saturated carbocycles. The highest BCUT2D eigenvalue weighted by Gasteiger charge is 2.28. The van der Waals surface area contributed by atoms with Gasteiger partial charge >= 0.3 is 0 Å². The Balaban J connectivity index is 1.56. The molecule has 0 spiro atoms. The molecule has 0 N–H and O–H groups in total. The summed E-state index contributed by atoms with van der Waals surface area (Å²) < 4.78 is 6.12. The van der Waals surface area contributed by atoms with Gasteiger partial charge in [0.05, 0.1) is 18.3 Å². The normalized spacial score (nSPS) is 21.5. The van der Waals surface area contributed by atoms with Crippen molar-refractivity contribution >= 4 is 27.8 Å². The molecule has 0 bridgehead atoms. The molecule has 1 aliphatic heterocycles. The summed E-state index contributed by atoms with van der Waals surface area (Å²) in [5.41, 5.74) is 3.49. The largest absolute Gasteiger partial charge is 0.367 e. The van der Waals surface area contributed by atoms with Crippen molar-refractivity contribution in [2.24, 2.45) is 0 Å². The zero-order valence-corrected chi connectivity index (χ0v) is 14.5. The van der Waals surface area contributed by atoms with Gasteiger partial charge in [-0.1, -0.05) is 30.3 Å². The molecular formula is C18H18N2OS2. The van der Waals surface area contributed by atoms with Crippen LogP contribution in [0.3, 0.4) is 0 Å². The molecule has 1 fully saturated rings. The van der Waals surface area contributed by atoms with E-state index in [1.165, 1.54) is 11.1 Å². The van der Waals surface area contributed by atoms with Gasteiger partial charge in [0.1, 0.15) is 6.10 Å². The van der Waals surface area contributed by atoms with E-state index in [1.54, 1.807) is 22.7 Å². The Morgan fingerprint density at radius 3 is 2.78 bits per heavy atom. The summed E-state index contributed by atoms with van der Waals surface area (Å²) in [7, 11) is 0. The molecule has 3 aromatic rings. The van der Waals surface area contributed by atoms with Gasteiger partial charge in [-0.3, -0.25) is 0 Å². The number of anilines is 1. The SMILES string of the molecule is CC1CN(c2nc(-c3ccccc3)cs2)CC(c2ccsc2)O1. The maximum Gasteiger partial charge on any atom is 0.186 e. The number of hydrogen-bond donors (Lipinski definition) is 0. The molecule has 1 saturated heterocycles. The molecule has 3 nitrogen and oxygen atoms in total. The maximum absolute atomic E-state index is 6.12. The molecule has 5 heteroatoms. The number of hydrogen-bond acceptors (Lipinski definition) is 5. The average molecular weight is 342 g/mol. The predicted molar refractivity (Wildman–Crippen MR) is 97.4 cm³/mol. The van der Waals surface area contributed by atoms with Crippen LogP contribution in [0.5, 0.6) is 0 Å². The highest BCUT2D eigenvalue weighted by molar-refractivity contribution is 7.14. The lowest BCUT2D eigenvalue weighted by Crippen LogP contribution is -2.42. The van der Waals surface area contributed by atoms with Crippen molar-refractivity contribution in [3.63, 3.8) is 0 Å². The lowest BCUT2D eigenvalue weighted by atomic mass is 10.1. The number of ether oxygens (including phenoxy) is 1. The lowest BCUT2D eigenvalue weighted by molar-refractivity contribution is -0.0171. The molecule has 2 aromatic heterocycles. The molecule has 2 atom stereocenters. The third kappa shape index (κ3) is 3.17. The smallest absolute Gasteiger partial charge is 0.186 e. The van der Waals surface area contributed by atoms with Crippen molar-refractivity contribution in [2.75, 3.05) is 18.0 Å². The molecule has 118 valence electrons. The van der Waals surface area contributed by atoms with Gasteiger partial charge in [0.2, 0.25) is 0 Å². The van der Waals surface area contributed by atoms with Crippen molar-refractivity contribution in [3.8, 4) is 11.3 Å². The second kappa shape index (κ2) is 6.43. The Bertz CT molecular complexity index is 754. The highest BCUT2D eigenvalue weighted by atomic mass is 32.1. The minimum absolute atomic E-state index is 0.133. The van der Waals surface area contributed by atoms with E-state index in [0.717, 1.165) is 23.9 Å². The number of thiophene rings is 1. The topological polar surface area (TPSA) is 25.4 Å². The third-order valence-electron chi connectivity index (χ3n) is 4.01. The summed E-state index contributed by atoms with van der Waals surface area (Å²) in [4.78, 5) is 7.20. The molecule has 0 amide bonds. The van der Waals surface area contributed by atoms with Gasteiger partial charge in [-0.2, -0.15) is 11.3 Å². The van der Waals surface area contributed by atoms with Crippen LogP contribution in [0.15, 0.2) is 52.5 Å². The number of rotatable bonds is 3. The lowest BCUT2D eigenvalue weighted by Gasteiger charge is -2.36. The quantitative estimate of drug-likeness (QED) is 0.681. The summed E-state index contributed by atoms with van der Waals surface area (Å²) in [6, 6.07) is 12.5. The van der Waals surface area contributed by atoms with Crippen LogP contribution in [0.4, 0.5) is 5.13 Å². The molecular weight excluding hydrogens is 324 g/mol. The Kier molecular flexibility index (Phi) is 4.16. The van der Waals surface area contributed by atoms with Gasteiger partial charge in [-0.05, 0) is 29.3 Å². The molecule has 1 aliphatic rings. The van der Waals surface area contributed by atoms with Crippen LogP contribution >= 0.6 is 22.7 Å². The monoisotopic (exact) mass is 342 g/mol. The van der Waals surface area contributed by atoms with Crippen LogP contribution in [-0.4, -0.2) is 24.2 Å². The van der Waals surface area contributed by atoms with E-state index < -0.39 is 0 Å². The first kappa shape index (κ1) is 14.9. The fourth-order valence-electron chi connectivity index (χ4n) is 2.90. The minimum Gasteiger partial charge on any atom is -0.367 e. The van der Waals surface area contributed by atoms with Gasteiger partial charge in [0.15, 0.2) is 5.13 Å². The van der Waals surface area contributed by atoms with Crippen molar-refractivity contribution in [3.05, 3.63) is 58.1 Å². The van der Waals surface area contributed by atoms with Crippen LogP contribution in [0, 0.1) is 0 Å². The first-order valence-corrected chi connectivity index (χ1v) is 9.55. The van der Waals surface area contributed by atoms with E-state index in [4.69, 9.17) is 9.72 Å². The summed E-state index contributed by atoms with van der Waals surface area (Å²) in [6.45, 7) is 3.89. The van der Waals surface area contributed by atoms with Crippen LogP contribution in [-0.2, 0) is 4.74 Å². The van der Waals surface area contributed by atoms with Crippen LogP contribution < -0.4 is 4.90 Å². The zero-order chi connectivity index (χ0) is 15.6. The molecule has 1 aromatic carbocycles. The second-order valence-electron chi connectivity index (χ2n) is 5.78. The Labute approximate surface area is 144 Å². The van der Waals surface area contributed by atoms with Gasteiger partial charge in [0.25, 0.3) is 0 Å². The van der Waals surface area contributed by atoms with Crippen LogP contribution in [0.2, 0.25) is 0 Å². The molecule has 0 radical (unpaired) electrons. The van der Waals surface area contributed by atoms with E-state index in [2.05, 4.69) is 58.3 Å². The average Bonchev–Trinajstić information content (AvgIpc) is 3.27. The molecule has 23 heavy (non-hydrogen) atoms. The molecule has 4 rings (SSSR count). The van der Waals surface area contributed by atoms with Gasteiger partial charge in [-0.25, -0.2) is 4.98 Å². The van der Waals surface area contributed by atoms with Crippen molar-refractivity contribution < 1.29 is 4.74 Å². The number of thiazole rings is 1. The second-order valence-corrected chi connectivity index (χ2v) is 7.39. The molecule has 2 unspecified atom stereocenters. The zero-order valence-electron chi connectivity index (χ0n) is 12.9. The standard InChI is InChI=1S/C18H18N2OS2/c1-13-9-20(10-17(21-13)15-7-8-22-11-15)18-19-16(12-23-18)14-5-3-2-4-6-14/h2-8,11-13,17H,9-10H2,1H3. The predicted octanol–water partition coefficient (Wildman–Crippen LogP) is 4.84. The van der Waals surface area contributed by atoms with E-state index in [-0.39, 0.29) is 12.2 Å². The summed E-state index contributed by atoms with van der Waals surface area (Å²) in [6.07, 6.45) is 0.340. The fourth-order valence-corrected chi connectivity index (χ4v) is 4.46.